The number of carbonyl (C=O) groups is 5. The molecular weight excluding hydrogens is 494 g/mol. The van der Waals surface area contributed by atoms with Gasteiger partial charge in [0.15, 0.2) is 10.5 Å². The number of carbonyl (C=O) groups excluding carboxylic acids is 5. The Morgan fingerprint density at radius 3 is 2.49 bits per heavy atom. The van der Waals surface area contributed by atoms with E-state index in [0.29, 0.717) is 25.1 Å². The standard InChI is InChI=1S/C26H29N5O5S/c1-4-5-10-31-21(33)17(20(32)27-24(31)37)13-15-8-9-18-16(12-15)14-26(19-7-6-11-30(18)19)22(34)28(2)25(36)29(3)23(26)35/h8-9,12-13,19H,4-7,10-11,14H2,1-3H3,(H,27,32,37)/b17-13+. The summed E-state index contributed by atoms with van der Waals surface area (Å²) in [5.74, 6) is -1.99. The van der Waals surface area contributed by atoms with Crippen molar-refractivity contribution in [1.29, 1.82) is 0 Å². The molecule has 5 rings (SSSR count). The van der Waals surface area contributed by atoms with E-state index in [9.17, 15) is 24.0 Å². The number of nitrogens with zero attached hydrogens (tertiary/aromatic N) is 4. The van der Waals surface area contributed by atoms with E-state index in [1.165, 1.54) is 25.1 Å². The third kappa shape index (κ3) is 3.66. The van der Waals surface area contributed by atoms with Crippen LogP contribution in [0.15, 0.2) is 23.8 Å². The summed E-state index contributed by atoms with van der Waals surface area (Å²) >= 11 is 5.20. The van der Waals surface area contributed by atoms with Crippen LogP contribution in [-0.4, -0.2) is 82.7 Å². The number of nitrogens with one attached hydrogen (secondary N) is 1. The van der Waals surface area contributed by atoms with Crippen molar-refractivity contribution >= 4 is 58.8 Å². The van der Waals surface area contributed by atoms with Gasteiger partial charge in [-0.25, -0.2) is 4.79 Å². The molecule has 1 aromatic carbocycles. The molecule has 3 saturated heterocycles. The molecular formula is C26H29N5O5S. The predicted octanol–water partition coefficient (Wildman–Crippen LogP) is 1.68. The molecule has 10 nitrogen and oxygen atoms in total. The van der Waals surface area contributed by atoms with Crippen molar-refractivity contribution in [3.8, 4) is 0 Å². The first-order chi connectivity index (χ1) is 17.6. The van der Waals surface area contributed by atoms with Gasteiger partial charge < -0.3 is 4.90 Å². The van der Waals surface area contributed by atoms with E-state index >= 15 is 0 Å². The van der Waals surface area contributed by atoms with Gasteiger partial charge in [0.2, 0.25) is 11.8 Å². The Labute approximate surface area is 220 Å². The van der Waals surface area contributed by atoms with Gasteiger partial charge in [-0.15, -0.1) is 0 Å². The number of hydrogen-bond acceptors (Lipinski definition) is 7. The largest absolute Gasteiger partial charge is 0.367 e. The fourth-order valence-electron chi connectivity index (χ4n) is 6.01. The van der Waals surface area contributed by atoms with E-state index in [2.05, 4.69) is 10.2 Å². The molecule has 3 fully saturated rings. The van der Waals surface area contributed by atoms with Gasteiger partial charge in [-0.05, 0) is 67.2 Å². The fourth-order valence-corrected chi connectivity index (χ4v) is 6.27. The minimum Gasteiger partial charge on any atom is -0.367 e. The molecule has 1 spiro atoms. The summed E-state index contributed by atoms with van der Waals surface area (Å²) in [5, 5.41) is 2.69. The molecule has 0 saturated carbocycles. The molecule has 6 amide bonds. The molecule has 37 heavy (non-hydrogen) atoms. The zero-order valence-corrected chi connectivity index (χ0v) is 21.9. The average Bonchev–Trinajstić information content (AvgIpc) is 3.38. The highest BCUT2D eigenvalue weighted by molar-refractivity contribution is 7.80. The van der Waals surface area contributed by atoms with Crippen molar-refractivity contribution in [2.24, 2.45) is 5.41 Å². The maximum absolute atomic E-state index is 13.6. The van der Waals surface area contributed by atoms with Gasteiger partial charge in [-0.2, -0.15) is 0 Å². The second kappa shape index (κ2) is 9.05. The van der Waals surface area contributed by atoms with Crippen molar-refractivity contribution in [2.75, 3.05) is 32.1 Å². The lowest BCUT2D eigenvalue weighted by Crippen LogP contribution is -2.70. The lowest BCUT2D eigenvalue weighted by atomic mass is 9.68. The minimum absolute atomic E-state index is 0.0240. The van der Waals surface area contributed by atoms with Crippen molar-refractivity contribution in [1.82, 2.24) is 20.0 Å². The van der Waals surface area contributed by atoms with Crippen LogP contribution in [0.2, 0.25) is 0 Å². The summed E-state index contributed by atoms with van der Waals surface area (Å²) in [7, 11) is 2.82. The highest BCUT2D eigenvalue weighted by Crippen LogP contribution is 2.49. The number of benzene rings is 1. The Balaban J connectivity index is 1.55. The van der Waals surface area contributed by atoms with E-state index in [4.69, 9.17) is 12.2 Å². The quantitative estimate of drug-likeness (QED) is 0.277. The Morgan fingerprint density at radius 2 is 1.81 bits per heavy atom. The van der Waals surface area contributed by atoms with Crippen LogP contribution in [0.3, 0.4) is 0 Å². The molecule has 194 valence electrons. The van der Waals surface area contributed by atoms with E-state index < -0.39 is 35.1 Å². The van der Waals surface area contributed by atoms with Crippen LogP contribution >= 0.6 is 12.2 Å². The summed E-state index contributed by atoms with van der Waals surface area (Å²) in [6.07, 6.45) is 4.76. The normalized spacial score (nSPS) is 24.3. The van der Waals surface area contributed by atoms with Crippen LogP contribution in [-0.2, 0) is 25.6 Å². The lowest BCUT2D eigenvalue weighted by Gasteiger charge is -2.50. The number of urea groups is 1. The molecule has 11 heteroatoms. The molecule has 0 radical (unpaired) electrons. The second-order valence-electron chi connectivity index (χ2n) is 10.0. The summed E-state index contributed by atoms with van der Waals surface area (Å²) in [6.45, 7) is 3.11. The van der Waals surface area contributed by atoms with Crippen LogP contribution in [0, 0.1) is 5.41 Å². The van der Waals surface area contributed by atoms with Crippen LogP contribution in [0.25, 0.3) is 6.08 Å². The summed E-state index contributed by atoms with van der Waals surface area (Å²) in [4.78, 5) is 70.9. The predicted molar refractivity (Wildman–Crippen MR) is 139 cm³/mol. The number of fused-ring (bicyclic) bond motifs is 4. The van der Waals surface area contributed by atoms with Crippen molar-refractivity contribution in [3.05, 3.63) is 34.9 Å². The van der Waals surface area contributed by atoms with Gasteiger partial charge in [0.1, 0.15) is 5.57 Å². The number of rotatable bonds is 4. The number of anilines is 1. The molecule has 4 heterocycles. The topological polar surface area (TPSA) is 110 Å². The van der Waals surface area contributed by atoms with Gasteiger partial charge in [0.05, 0.1) is 6.04 Å². The highest BCUT2D eigenvalue weighted by atomic mass is 32.1. The summed E-state index contributed by atoms with van der Waals surface area (Å²) in [6, 6.07) is 4.57. The molecule has 0 bridgehead atoms. The van der Waals surface area contributed by atoms with E-state index in [0.717, 1.165) is 40.3 Å². The molecule has 0 aliphatic carbocycles. The van der Waals surface area contributed by atoms with Gasteiger partial charge in [0, 0.05) is 32.9 Å². The third-order valence-electron chi connectivity index (χ3n) is 7.88. The van der Waals surface area contributed by atoms with Crippen LogP contribution < -0.4 is 10.2 Å². The van der Waals surface area contributed by atoms with Crippen molar-refractivity contribution in [3.63, 3.8) is 0 Å². The zero-order valence-electron chi connectivity index (χ0n) is 21.1. The number of unbranched alkanes of at least 4 members (excludes halogenated alkanes) is 1. The molecule has 1 atom stereocenters. The number of imide groups is 2. The highest BCUT2D eigenvalue weighted by Gasteiger charge is 2.63. The van der Waals surface area contributed by atoms with Gasteiger partial charge in [-0.3, -0.25) is 39.2 Å². The first kappa shape index (κ1) is 25.1. The summed E-state index contributed by atoms with van der Waals surface area (Å²) < 4.78 is 0. The number of thiocarbonyl (C=S) groups is 1. The Morgan fingerprint density at radius 1 is 1.11 bits per heavy atom. The Kier molecular flexibility index (Phi) is 6.13. The molecule has 1 unspecified atom stereocenters. The van der Waals surface area contributed by atoms with Crippen LogP contribution in [0.1, 0.15) is 43.7 Å². The maximum atomic E-state index is 13.6. The monoisotopic (exact) mass is 523 g/mol. The van der Waals surface area contributed by atoms with E-state index in [1.807, 2.05) is 25.1 Å². The molecule has 1 aromatic rings. The average molecular weight is 524 g/mol. The van der Waals surface area contributed by atoms with Crippen LogP contribution in [0.4, 0.5) is 10.5 Å². The molecule has 4 aliphatic heterocycles. The fraction of sp³-hybridized carbons (Fsp3) is 0.462. The van der Waals surface area contributed by atoms with Crippen molar-refractivity contribution < 1.29 is 24.0 Å². The third-order valence-corrected chi connectivity index (χ3v) is 8.20. The van der Waals surface area contributed by atoms with E-state index in [-0.39, 0.29) is 23.1 Å². The smallest absolute Gasteiger partial charge is 0.332 e. The Hall–Kier alpha value is -3.60. The minimum atomic E-state index is -1.41. The number of amides is 6. The zero-order chi connectivity index (χ0) is 26.6. The maximum Gasteiger partial charge on any atom is 0.332 e. The van der Waals surface area contributed by atoms with Gasteiger partial charge in [0.25, 0.3) is 11.8 Å². The molecule has 0 aromatic heterocycles. The van der Waals surface area contributed by atoms with Crippen LogP contribution in [0.5, 0.6) is 0 Å². The number of barbiturate groups is 1. The SMILES string of the molecule is CCCCN1C(=O)/C(=C/c2ccc3c(c2)CC2(C(=O)N(C)C(=O)N(C)C2=O)C2CCCN32)C(=O)NC1=S. The number of hydrogen-bond donors (Lipinski definition) is 1. The van der Waals surface area contributed by atoms with Crippen molar-refractivity contribution in [2.45, 2.75) is 45.1 Å². The lowest BCUT2D eigenvalue weighted by molar-refractivity contribution is -0.159. The molecule has 4 aliphatic rings. The van der Waals surface area contributed by atoms with Gasteiger partial charge >= 0.3 is 6.03 Å². The second-order valence-corrected chi connectivity index (χ2v) is 10.4. The first-order valence-corrected chi connectivity index (χ1v) is 12.9. The first-order valence-electron chi connectivity index (χ1n) is 12.5. The van der Waals surface area contributed by atoms with Gasteiger partial charge in [-0.1, -0.05) is 19.4 Å². The Bertz CT molecular complexity index is 1270. The summed E-state index contributed by atoms with van der Waals surface area (Å²) in [5.41, 5.74) is 0.843. The van der Waals surface area contributed by atoms with E-state index in [1.54, 1.807) is 0 Å². The molecule has 1 N–H and O–H groups in total.